The molecule has 1 aromatic heterocycles. The molecule has 0 radical (unpaired) electrons. The Bertz CT molecular complexity index is 480. The van der Waals surface area contributed by atoms with Gasteiger partial charge < -0.3 is 5.73 Å². The zero-order valence-corrected chi connectivity index (χ0v) is 10.7. The lowest BCUT2D eigenvalue weighted by Crippen LogP contribution is -2.42. The minimum atomic E-state index is -3.25. The summed E-state index contributed by atoms with van der Waals surface area (Å²) in [7, 11) is -3.25. The molecule has 2 N–H and O–H groups in total. The van der Waals surface area contributed by atoms with Crippen molar-refractivity contribution < 1.29 is 8.42 Å². The molecular weight excluding hydrogens is 238 g/mol. The fourth-order valence-corrected chi connectivity index (χ4v) is 3.88. The Hall–Kier alpha value is -1.30. The van der Waals surface area contributed by atoms with Gasteiger partial charge in [0.1, 0.15) is 5.82 Å². The van der Waals surface area contributed by atoms with Crippen LogP contribution >= 0.6 is 0 Å². The Morgan fingerprint density at radius 1 is 1.47 bits per heavy atom. The predicted molar refractivity (Wildman–Crippen MR) is 68.2 cm³/mol. The molecule has 0 aromatic carbocycles. The van der Waals surface area contributed by atoms with Crippen molar-refractivity contribution in [2.24, 2.45) is 0 Å². The van der Waals surface area contributed by atoms with Crippen LogP contribution in [-0.4, -0.2) is 25.2 Å². The van der Waals surface area contributed by atoms with Gasteiger partial charge in [-0.2, -0.15) is 0 Å². The van der Waals surface area contributed by atoms with Crippen LogP contribution in [-0.2, 0) is 10.0 Å². The highest BCUT2D eigenvalue weighted by Gasteiger charge is 2.36. The van der Waals surface area contributed by atoms with E-state index in [1.165, 1.54) is 10.5 Å². The molecule has 1 aliphatic carbocycles. The summed E-state index contributed by atoms with van der Waals surface area (Å²) in [5, 5.41) is -0.234. The average Bonchev–Trinajstić information content (AvgIpc) is 2.18. The maximum Gasteiger partial charge on any atom is 0.239 e. The van der Waals surface area contributed by atoms with E-state index in [4.69, 9.17) is 5.73 Å². The highest BCUT2D eigenvalue weighted by molar-refractivity contribution is 7.93. The van der Waals surface area contributed by atoms with Crippen molar-refractivity contribution in [3.8, 4) is 0 Å². The van der Waals surface area contributed by atoms with Crippen molar-refractivity contribution in [3.05, 3.63) is 18.3 Å². The van der Waals surface area contributed by atoms with E-state index in [1.54, 1.807) is 12.1 Å². The van der Waals surface area contributed by atoms with Crippen LogP contribution in [0.1, 0.15) is 26.2 Å². The summed E-state index contributed by atoms with van der Waals surface area (Å²) in [6, 6.07) is 3.32. The van der Waals surface area contributed by atoms with Crippen molar-refractivity contribution >= 4 is 21.5 Å². The van der Waals surface area contributed by atoms with E-state index in [2.05, 4.69) is 4.98 Å². The molecule has 0 unspecified atom stereocenters. The Morgan fingerprint density at radius 3 is 2.59 bits per heavy atom. The van der Waals surface area contributed by atoms with E-state index in [1.807, 2.05) is 6.92 Å². The molecule has 0 amide bonds. The lowest BCUT2D eigenvalue weighted by Gasteiger charge is -2.32. The minimum Gasteiger partial charge on any atom is -0.397 e. The standard InChI is InChI=1S/C11H17N3O2S/c1-2-14(11-7-6-9(12)8-13-11)17(15,16)10-4-3-5-10/h6-8,10H,2-5,12H2,1H3. The number of aromatic nitrogens is 1. The van der Waals surface area contributed by atoms with E-state index in [0.29, 0.717) is 18.1 Å². The highest BCUT2D eigenvalue weighted by Crippen LogP contribution is 2.30. The van der Waals surface area contributed by atoms with Crippen molar-refractivity contribution in [2.45, 2.75) is 31.4 Å². The zero-order valence-electron chi connectivity index (χ0n) is 9.83. The molecule has 0 atom stereocenters. The SMILES string of the molecule is CCN(c1ccc(N)cn1)S(=O)(=O)C1CCC1. The second-order valence-electron chi connectivity index (χ2n) is 4.21. The Morgan fingerprint density at radius 2 is 2.18 bits per heavy atom. The maximum absolute atomic E-state index is 12.3. The molecule has 6 heteroatoms. The second-order valence-corrected chi connectivity index (χ2v) is 6.35. The maximum atomic E-state index is 12.3. The number of hydrogen-bond acceptors (Lipinski definition) is 4. The van der Waals surface area contributed by atoms with Crippen LogP contribution in [0.2, 0.25) is 0 Å². The third-order valence-electron chi connectivity index (χ3n) is 3.09. The van der Waals surface area contributed by atoms with Crippen LogP contribution in [0.15, 0.2) is 18.3 Å². The van der Waals surface area contributed by atoms with Gasteiger partial charge in [0, 0.05) is 6.54 Å². The van der Waals surface area contributed by atoms with Gasteiger partial charge in [0.2, 0.25) is 10.0 Å². The molecule has 1 aromatic rings. The summed E-state index contributed by atoms with van der Waals surface area (Å²) in [4.78, 5) is 4.08. The van der Waals surface area contributed by atoms with Crippen LogP contribution < -0.4 is 10.0 Å². The number of nitrogens with two attached hydrogens (primary N) is 1. The summed E-state index contributed by atoms with van der Waals surface area (Å²) in [5.41, 5.74) is 6.08. The topological polar surface area (TPSA) is 76.3 Å². The molecule has 0 bridgehead atoms. The van der Waals surface area contributed by atoms with Gasteiger partial charge in [0.05, 0.1) is 17.1 Å². The summed E-state index contributed by atoms with van der Waals surface area (Å²) in [6.45, 7) is 2.21. The van der Waals surface area contributed by atoms with E-state index in [0.717, 1.165) is 19.3 Å². The van der Waals surface area contributed by atoms with Gasteiger partial charge in [-0.25, -0.2) is 13.4 Å². The number of pyridine rings is 1. The van der Waals surface area contributed by atoms with Gasteiger partial charge in [-0.3, -0.25) is 4.31 Å². The summed E-state index contributed by atoms with van der Waals surface area (Å²) in [5.74, 6) is 0.452. The van der Waals surface area contributed by atoms with Gasteiger partial charge in [0.25, 0.3) is 0 Å². The third kappa shape index (κ3) is 2.22. The smallest absolute Gasteiger partial charge is 0.239 e. The third-order valence-corrected chi connectivity index (χ3v) is 5.47. The van der Waals surface area contributed by atoms with Crippen LogP contribution in [0.5, 0.6) is 0 Å². The summed E-state index contributed by atoms with van der Waals surface area (Å²) < 4.78 is 25.9. The first-order chi connectivity index (χ1) is 8.05. The summed E-state index contributed by atoms with van der Waals surface area (Å²) in [6.07, 6.45) is 3.99. The molecule has 0 saturated heterocycles. The van der Waals surface area contributed by atoms with Gasteiger partial charge >= 0.3 is 0 Å². The van der Waals surface area contributed by atoms with Gasteiger partial charge in [0.15, 0.2) is 0 Å². The molecular formula is C11H17N3O2S. The molecule has 1 fully saturated rings. The number of hydrogen-bond donors (Lipinski definition) is 1. The molecule has 0 aliphatic heterocycles. The quantitative estimate of drug-likeness (QED) is 0.881. The molecule has 1 aliphatic rings. The number of nitrogens with zero attached hydrogens (tertiary/aromatic N) is 2. The molecule has 2 rings (SSSR count). The van der Waals surface area contributed by atoms with Crippen LogP contribution in [0.4, 0.5) is 11.5 Å². The van der Waals surface area contributed by atoms with E-state index in [9.17, 15) is 8.42 Å². The second kappa shape index (κ2) is 4.52. The average molecular weight is 255 g/mol. The van der Waals surface area contributed by atoms with Crippen molar-refractivity contribution in [3.63, 3.8) is 0 Å². The number of sulfonamides is 1. The fourth-order valence-electron chi connectivity index (χ4n) is 1.87. The van der Waals surface area contributed by atoms with Crippen LogP contribution in [0.3, 0.4) is 0 Å². The van der Waals surface area contributed by atoms with Gasteiger partial charge in [-0.1, -0.05) is 6.42 Å². The number of nitrogen functional groups attached to an aromatic ring is 1. The monoisotopic (exact) mass is 255 g/mol. The van der Waals surface area contributed by atoms with Crippen LogP contribution in [0, 0.1) is 0 Å². The van der Waals surface area contributed by atoms with Crippen molar-refractivity contribution in [1.29, 1.82) is 0 Å². The normalized spacial score (nSPS) is 16.5. The first-order valence-electron chi connectivity index (χ1n) is 5.78. The van der Waals surface area contributed by atoms with Crippen molar-refractivity contribution in [2.75, 3.05) is 16.6 Å². The van der Waals surface area contributed by atoms with Gasteiger partial charge in [-0.05, 0) is 31.9 Å². The van der Waals surface area contributed by atoms with Crippen molar-refractivity contribution in [1.82, 2.24) is 4.98 Å². The molecule has 94 valence electrons. The Kier molecular flexibility index (Phi) is 3.24. The molecule has 5 nitrogen and oxygen atoms in total. The zero-order chi connectivity index (χ0) is 12.5. The van der Waals surface area contributed by atoms with E-state index >= 15 is 0 Å². The fraction of sp³-hybridized carbons (Fsp3) is 0.545. The number of rotatable bonds is 4. The largest absolute Gasteiger partial charge is 0.397 e. The number of anilines is 2. The summed E-state index contributed by atoms with van der Waals surface area (Å²) >= 11 is 0. The first kappa shape index (κ1) is 12.2. The lowest BCUT2D eigenvalue weighted by molar-refractivity contribution is 0.474. The first-order valence-corrected chi connectivity index (χ1v) is 7.29. The molecule has 0 spiro atoms. The Labute approximate surface area is 102 Å². The highest BCUT2D eigenvalue weighted by atomic mass is 32.2. The molecule has 17 heavy (non-hydrogen) atoms. The lowest BCUT2D eigenvalue weighted by atomic mass is 10.0. The van der Waals surface area contributed by atoms with E-state index in [-0.39, 0.29) is 5.25 Å². The molecule has 1 heterocycles. The van der Waals surface area contributed by atoms with Gasteiger partial charge in [-0.15, -0.1) is 0 Å². The predicted octanol–water partition coefficient (Wildman–Crippen LogP) is 1.37. The minimum absolute atomic E-state index is 0.234. The molecule has 1 saturated carbocycles. The van der Waals surface area contributed by atoms with Crippen LogP contribution in [0.25, 0.3) is 0 Å². The Balaban J connectivity index is 2.29. The van der Waals surface area contributed by atoms with E-state index < -0.39 is 10.0 Å².